The van der Waals surface area contributed by atoms with Crippen molar-refractivity contribution < 1.29 is 9.53 Å². The molecule has 0 unspecified atom stereocenters. The zero-order chi connectivity index (χ0) is 15.2. The first kappa shape index (κ1) is 17.8. The van der Waals surface area contributed by atoms with Crippen molar-refractivity contribution in [1.82, 2.24) is 5.32 Å². The Morgan fingerprint density at radius 3 is 2.68 bits per heavy atom. The van der Waals surface area contributed by atoms with Gasteiger partial charge < -0.3 is 10.5 Å². The lowest BCUT2D eigenvalue weighted by atomic mass is 10.0. The fourth-order valence-corrected chi connectivity index (χ4v) is 2.12. The number of halogens is 1. The van der Waals surface area contributed by atoms with Crippen molar-refractivity contribution in [2.45, 2.75) is 19.8 Å². The van der Waals surface area contributed by atoms with E-state index in [2.05, 4.69) is 12.2 Å². The van der Waals surface area contributed by atoms with Crippen molar-refractivity contribution in [3.05, 3.63) is 42.0 Å². The van der Waals surface area contributed by atoms with Crippen LogP contribution in [0.2, 0.25) is 0 Å². The summed E-state index contributed by atoms with van der Waals surface area (Å²) in [6.45, 7) is 2.63. The quantitative estimate of drug-likeness (QED) is 0.449. The lowest BCUT2D eigenvalue weighted by Gasteiger charge is -2.13. The van der Waals surface area contributed by atoms with E-state index in [0.29, 0.717) is 17.9 Å². The number of benzene rings is 2. The summed E-state index contributed by atoms with van der Waals surface area (Å²) in [7, 11) is 0. The molecule has 2 rings (SSSR count). The van der Waals surface area contributed by atoms with E-state index in [4.69, 9.17) is 15.9 Å². The molecule has 2 aromatic carbocycles. The highest BCUT2D eigenvalue weighted by atomic mass is 35.5. The second-order valence-corrected chi connectivity index (χ2v) is 4.73. The van der Waals surface area contributed by atoms with Crippen molar-refractivity contribution >= 4 is 35.0 Å². The van der Waals surface area contributed by atoms with Crippen LogP contribution >= 0.6 is 12.4 Å². The summed E-state index contributed by atoms with van der Waals surface area (Å²) in [4.78, 5) is 12.3. The zero-order valence-corrected chi connectivity index (χ0v) is 13.2. The summed E-state index contributed by atoms with van der Waals surface area (Å²) >= 11 is 0. The van der Waals surface area contributed by atoms with Gasteiger partial charge in [-0.05, 0) is 23.3 Å². The first-order chi connectivity index (χ1) is 10.1. The Labute approximate surface area is 135 Å². The average Bonchev–Trinajstić information content (AvgIpc) is 2.46. The molecule has 6 heteroatoms. The van der Waals surface area contributed by atoms with E-state index in [0.717, 1.165) is 23.6 Å². The Hall–Kier alpha value is -2.27. The summed E-state index contributed by atoms with van der Waals surface area (Å²) in [6, 6.07) is 11.3. The van der Waals surface area contributed by atoms with Gasteiger partial charge in [0.2, 0.25) is 0 Å². The Morgan fingerprint density at radius 2 is 2.00 bits per heavy atom. The van der Waals surface area contributed by atoms with E-state index in [1.807, 2.05) is 30.3 Å². The van der Waals surface area contributed by atoms with E-state index >= 15 is 0 Å². The third-order valence-corrected chi connectivity index (χ3v) is 3.12. The molecule has 0 aliphatic heterocycles. The summed E-state index contributed by atoms with van der Waals surface area (Å²) < 4.78 is 5.72. The van der Waals surface area contributed by atoms with Crippen molar-refractivity contribution in [1.29, 1.82) is 5.41 Å². The van der Waals surface area contributed by atoms with Crippen LogP contribution in [-0.2, 0) is 0 Å². The van der Waals surface area contributed by atoms with E-state index in [9.17, 15) is 4.79 Å². The van der Waals surface area contributed by atoms with Crippen molar-refractivity contribution in [3.63, 3.8) is 0 Å². The van der Waals surface area contributed by atoms with Crippen LogP contribution in [0.5, 0.6) is 5.75 Å². The van der Waals surface area contributed by atoms with Crippen LogP contribution in [0.3, 0.4) is 0 Å². The van der Waals surface area contributed by atoms with E-state index < -0.39 is 5.91 Å². The highest BCUT2D eigenvalue weighted by Gasteiger charge is 2.17. The number of unbranched alkanes of at least 4 members (excludes halogenated alkanes) is 1. The second kappa shape index (κ2) is 8.24. The normalized spacial score (nSPS) is 9.86. The number of carbonyl (C=O) groups excluding carboxylic acids is 1. The summed E-state index contributed by atoms with van der Waals surface area (Å²) in [5, 5.41) is 11.3. The van der Waals surface area contributed by atoms with E-state index in [-0.39, 0.29) is 18.4 Å². The fourth-order valence-electron chi connectivity index (χ4n) is 2.12. The molecule has 0 radical (unpaired) electrons. The average molecular weight is 322 g/mol. The number of hydrogen-bond acceptors (Lipinski definition) is 3. The van der Waals surface area contributed by atoms with Crippen molar-refractivity contribution in [3.8, 4) is 5.75 Å². The lowest BCUT2D eigenvalue weighted by Crippen LogP contribution is -2.36. The monoisotopic (exact) mass is 321 g/mol. The van der Waals surface area contributed by atoms with Crippen LogP contribution in [0.1, 0.15) is 30.1 Å². The molecule has 0 spiro atoms. The molecule has 2 aromatic rings. The fraction of sp³-hybridized carbons (Fsp3) is 0.250. The molecule has 0 fully saturated rings. The number of nitrogens with two attached hydrogens (primary N) is 1. The summed E-state index contributed by atoms with van der Waals surface area (Å²) in [6.07, 6.45) is 1.93. The molecule has 118 valence electrons. The van der Waals surface area contributed by atoms with Crippen molar-refractivity contribution in [2.24, 2.45) is 5.73 Å². The van der Waals surface area contributed by atoms with Crippen LogP contribution in [-0.4, -0.2) is 18.5 Å². The molecule has 0 aliphatic rings. The molecule has 0 aromatic heterocycles. The largest absolute Gasteiger partial charge is 0.493 e. The third kappa shape index (κ3) is 4.11. The number of ether oxygens (including phenoxy) is 1. The Kier molecular flexibility index (Phi) is 6.66. The number of amides is 1. The number of guanidine groups is 1. The standard InChI is InChI=1S/C16H19N3O2.ClH/c1-2-3-10-21-13-9-8-11-6-4-5-7-12(11)14(13)15(20)19-16(17)18;/h4-9H,2-3,10H2,1H3,(H4,17,18,19,20);1H. The van der Waals surface area contributed by atoms with Crippen LogP contribution in [0, 0.1) is 5.41 Å². The molecule has 0 atom stereocenters. The topological polar surface area (TPSA) is 88.2 Å². The van der Waals surface area contributed by atoms with Crippen LogP contribution in [0.15, 0.2) is 36.4 Å². The smallest absolute Gasteiger partial charge is 0.262 e. The number of carbonyl (C=O) groups is 1. The van der Waals surface area contributed by atoms with Gasteiger partial charge in [-0.15, -0.1) is 12.4 Å². The first-order valence-corrected chi connectivity index (χ1v) is 6.93. The number of fused-ring (bicyclic) bond motifs is 1. The highest BCUT2D eigenvalue weighted by Crippen LogP contribution is 2.28. The summed E-state index contributed by atoms with van der Waals surface area (Å²) in [5.74, 6) is -0.292. The molecule has 0 heterocycles. The molecule has 0 aliphatic carbocycles. The summed E-state index contributed by atoms with van der Waals surface area (Å²) in [5.41, 5.74) is 5.67. The highest BCUT2D eigenvalue weighted by molar-refractivity contribution is 6.14. The van der Waals surface area contributed by atoms with Gasteiger partial charge >= 0.3 is 0 Å². The molecular weight excluding hydrogens is 302 g/mol. The lowest BCUT2D eigenvalue weighted by molar-refractivity contribution is 0.0974. The molecule has 22 heavy (non-hydrogen) atoms. The minimum absolute atomic E-state index is 0. The molecule has 1 amide bonds. The number of nitrogens with one attached hydrogen (secondary N) is 2. The predicted octanol–water partition coefficient (Wildman–Crippen LogP) is 3.06. The van der Waals surface area contributed by atoms with Gasteiger partial charge in [0.15, 0.2) is 5.96 Å². The minimum Gasteiger partial charge on any atom is -0.493 e. The van der Waals surface area contributed by atoms with Crippen LogP contribution < -0.4 is 15.8 Å². The van der Waals surface area contributed by atoms with Gasteiger partial charge in [0.1, 0.15) is 5.75 Å². The van der Waals surface area contributed by atoms with Gasteiger partial charge in [-0.25, -0.2) is 0 Å². The Balaban J connectivity index is 0.00000242. The van der Waals surface area contributed by atoms with Crippen LogP contribution in [0.25, 0.3) is 10.8 Å². The van der Waals surface area contributed by atoms with Gasteiger partial charge in [0.05, 0.1) is 12.2 Å². The van der Waals surface area contributed by atoms with Crippen LogP contribution in [0.4, 0.5) is 0 Å². The first-order valence-electron chi connectivity index (χ1n) is 6.93. The molecule has 0 saturated carbocycles. The zero-order valence-electron chi connectivity index (χ0n) is 12.4. The SMILES string of the molecule is CCCCOc1ccc2ccccc2c1C(=O)NC(=N)N.Cl. The number of rotatable bonds is 5. The van der Waals surface area contributed by atoms with Gasteiger partial charge in [-0.3, -0.25) is 15.5 Å². The maximum absolute atomic E-state index is 12.3. The molecule has 5 nitrogen and oxygen atoms in total. The second-order valence-electron chi connectivity index (χ2n) is 4.73. The molecular formula is C16H20ClN3O2. The van der Waals surface area contributed by atoms with Gasteiger partial charge in [0, 0.05) is 0 Å². The Morgan fingerprint density at radius 1 is 1.27 bits per heavy atom. The van der Waals surface area contributed by atoms with Gasteiger partial charge in [-0.2, -0.15) is 0 Å². The molecule has 0 bridgehead atoms. The molecule has 4 N–H and O–H groups in total. The maximum Gasteiger partial charge on any atom is 0.262 e. The molecule has 0 saturated heterocycles. The maximum atomic E-state index is 12.3. The van der Waals surface area contributed by atoms with Crippen molar-refractivity contribution in [2.75, 3.05) is 6.61 Å². The van der Waals surface area contributed by atoms with E-state index in [1.165, 1.54) is 0 Å². The Bertz CT molecular complexity index is 673. The van der Waals surface area contributed by atoms with Gasteiger partial charge in [-0.1, -0.05) is 43.7 Å². The van der Waals surface area contributed by atoms with Gasteiger partial charge in [0.25, 0.3) is 5.91 Å². The van der Waals surface area contributed by atoms with E-state index in [1.54, 1.807) is 6.07 Å². The minimum atomic E-state index is -0.425. The number of hydrogen-bond donors (Lipinski definition) is 3. The predicted molar refractivity (Wildman–Crippen MR) is 91.0 cm³/mol. The third-order valence-electron chi connectivity index (χ3n) is 3.12.